The second-order valence-electron chi connectivity index (χ2n) is 6.21. The first-order chi connectivity index (χ1) is 12.7. The lowest BCUT2D eigenvalue weighted by Gasteiger charge is -2.28. The molecule has 0 bridgehead atoms. The lowest BCUT2D eigenvalue weighted by Crippen LogP contribution is -2.48. The van der Waals surface area contributed by atoms with Gasteiger partial charge in [-0.2, -0.15) is 0 Å². The molecule has 0 fully saturated rings. The molecule has 1 amide bonds. The normalized spacial score (nSPS) is 12.4. The van der Waals surface area contributed by atoms with Crippen LogP contribution in [0.15, 0.2) is 48.5 Å². The number of nitrogens with zero attached hydrogens (tertiary/aromatic N) is 1. The van der Waals surface area contributed by atoms with Gasteiger partial charge in [-0.1, -0.05) is 53.5 Å². The summed E-state index contributed by atoms with van der Waals surface area (Å²) in [7, 11) is -3.69. The largest absolute Gasteiger partial charge is 0.354 e. The van der Waals surface area contributed by atoms with Gasteiger partial charge in [-0.3, -0.25) is 9.10 Å². The fraction of sp³-hybridized carbons (Fsp3) is 0.316. The second-order valence-corrected chi connectivity index (χ2v) is 8.89. The lowest BCUT2D eigenvalue weighted by molar-refractivity contribution is -0.121. The van der Waals surface area contributed by atoms with Gasteiger partial charge in [0.25, 0.3) is 0 Å². The van der Waals surface area contributed by atoms with Crippen molar-refractivity contribution >= 4 is 44.8 Å². The topological polar surface area (TPSA) is 66.5 Å². The molecule has 0 aliphatic heterocycles. The molecule has 0 aromatic heterocycles. The first kappa shape index (κ1) is 21.5. The number of aryl methyl sites for hydroxylation is 1. The third kappa shape index (κ3) is 6.13. The van der Waals surface area contributed by atoms with E-state index in [2.05, 4.69) is 5.32 Å². The van der Waals surface area contributed by atoms with E-state index >= 15 is 0 Å². The van der Waals surface area contributed by atoms with Crippen molar-refractivity contribution in [3.05, 3.63) is 64.1 Å². The molecule has 1 atom stereocenters. The van der Waals surface area contributed by atoms with Crippen molar-refractivity contribution in [2.45, 2.75) is 25.8 Å². The zero-order valence-electron chi connectivity index (χ0n) is 15.2. The Morgan fingerprint density at radius 3 is 2.37 bits per heavy atom. The van der Waals surface area contributed by atoms with Crippen LogP contribution in [0.4, 0.5) is 5.69 Å². The molecule has 146 valence electrons. The zero-order valence-corrected chi connectivity index (χ0v) is 17.5. The van der Waals surface area contributed by atoms with Crippen LogP contribution < -0.4 is 9.62 Å². The van der Waals surface area contributed by atoms with E-state index in [0.717, 1.165) is 23.4 Å². The molecule has 5 nitrogen and oxygen atoms in total. The van der Waals surface area contributed by atoms with Crippen molar-refractivity contribution in [3.63, 3.8) is 0 Å². The van der Waals surface area contributed by atoms with Crippen LogP contribution in [-0.4, -0.2) is 33.2 Å². The summed E-state index contributed by atoms with van der Waals surface area (Å²) in [6.45, 7) is 1.99. The molecule has 0 radical (unpaired) electrons. The van der Waals surface area contributed by atoms with Crippen molar-refractivity contribution < 1.29 is 13.2 Å². The molecule has 0 unspecified atom stereocenters. The number of hydrogen-bond acceptors (Lipinski definition) is 3. The van der Waals surface area contributed by atoms with Crippen molar-refractivity contribution in [1.82, 2.24) is 5.32 Å². The predicted octanol–water partition coefficient (Wildman–Crippen LogP) is 3.90. The van der Waals surface area contributed by atoms with E-state index in [9.17, 15) is 13.2 Å². The Morgan fingerprint density at radius 1 is 1.11 bits per heavy atom. The number of sulfonamides is 1. The molecule has 2 aromatic carbocycles. The van der Waals surface area contributed by atoms with E-state index in [-0.39, 0.29) is 10.9 Å². The van der Waals surface area contributed by atoms with Gasteiger partial charge in [0.1, 0.15) is 6.04 Å². The van der Waals surface area contributed by atoms with E-state index in [0.29, 0.717) is 17.3 Å². The van der Waals surface area contributed by atoms with E-state index in [4.69, 9.17) is 23.2 Å². The van der Waals surface area contributed by atoms with Gasteiger partial charge in [0.05, 0.1) is 22.0 Å². The van der Waals surface area contributed by atoms with Crippen LogP contribution in [0.2, 0.25) is 10.0 Å². The molecule has 0 aliphatic carbocycles. The summed E-state index contributed by atoms with van der Waals surface area (Å²) in [5, 5.41) is 3.33. The highest BCUT2D eigenvalue weighted by Gasteiger charge is 2.29. The van der Waals surface area contributed by atoms with Gasteiger partial charge in [0, 0.05) is 6.54 Å². The summed E-state index contributed by atoms with van der Waals surface area (Å²) in [5.74, 6) is -0.375. The first-order valence-corrected chi connectivity index (χ1v) is 11.1. The highest BCUT2D eigenvalue weighted by molar-refractivity contribution is 7.92. The highest BCUT2D eigenvalue weighted by atomic mass is 35.5. The standard InChI is InChI=1S/C19H22Cl2N2O3S/c1-14(19(24)22-12-6-9-15-7-4-3-5-8-15)23(27(2,25)26)16-10-11-17(20)18(21)13-16/h3-5,7-8,10-11,13-14H,6,9,12H2,1-2H3,(H,22,24)/t14-/m0/s1. The number of hydrogen-bond donors (Lipinski definition) is 1. The minimum atomic E-state index is -3.69. The fourth-order valence-corrected chi connectivity index (χ4v) is 4.19. The average Bonchev–Trinajstić information content (AvgIpc) is 2.61. The minimum Gasteiger partial charge on any atom is -0.354 e. The van der Waals surface area contributed by atoms with Crippen molar-refractivity contribution in [2.24, 2.45) is 0 Å². The molecule has 0 heterocycles. The molecule has 2 aromatic rings. The van der Waals surface area contributed by atoms with Crippen molar-refractivity contribution in [2.75, 3.05) is 17.1 Å². The maximum absolute atomic E-state index is 12.5. The van der Waals surface area contributed by atoms with Crippen LogP contribution in [-0.2, 0) is 21.2 Å². The monoisotopic (exact) mass is 428 g/mol. The van der Waals surface area contributed by atoms with Gasteiger partial charge in [0.2, 0.25) is 15.9 Å². The number of carbonyl (C=O) groups is 1. The summed E-state index contributed by atoms with van der Waals surface area (Å²) in [6.07, 6.45) is 2.64. The van der Waals surface area contributed by atoms with Gasteiger partial charge in [-0.05, 0) is 43.5 Å². The third-order valence-electron chi connectivity index (χ3n) is 4.03. The fourth-order valence-electron chi connectivity index (χ4n) is 2.73. The third-order valence-corrected chi connectivity index (χ3v) is 6.01. The Labute approximate surface area is 170 Å². The van der Waals surface area contributed by atoms with Crippen LogP contribution >= 0.6 is 23.2 Å². The van der Waals surface area contributed by atoms with Crippen LogP contribution in [0.5, 0.6) is 0 Å². The predicted molar refractivity (Wildman–Crippen MR) is 111 cm³/mol. The number of benzene rings is 2. The summed E-state index contributed by atoms with van der Waals surface area (Å²) < 4.78 is 25.6. The molecule has 8 heteroatoms. The number of rotatable bonds is 8. The smallest absolute Gasteiger partial charge is 0.243 e. The number of carbonyl (C=O) groups excluding carboxylic acids is 1. The molecular formula is C19H22Cl2N2O3S. The number of nitrogens with one attached hydrogen (secondary N) is 1. The minimum absolute atomic E-state index is 0.221. The van der Waals surface area contributed by atoms with E-state index in [1.807, 2.05) is 30.3 Å². The van der Waals surface area contributed by atoms with Crippen LogP contribution in [0.1, 0.15) is 18.9 Å². The van der Waals surface area contributed by atoms with Crippen LogP contribution in [0.25, 0.3) is 0 Å². The van der Waals surface area contributed by atoms with Gasteiger partial charge in [0.15, 0.2) is 0 Å². The van der Waals surface area contributed by atoms with Crippen molar-refractivity contribution in [1.29, 1.82) is 0 Å². The van der Waals surface area contributed by atoms with Gasteiger partial charge in [-0.25, -0.2) is 8.42 Å². The second kappa shape index (κ2) is 9.44. The molecule has 1 N–H and O–H groups in total. The van der Waals surface area contributed by atoms with Crippen LogP contribution in [0, 0.1) is 0 Å². The first-order valence-electron chi connectivity index (χ1n) is 8.46. The number of amides is 1. The molecule has 0 spiro atoms. The Balaban J connectivity index is 2.03. The Kier molecular flexibility index (Phi) is 7.53. The summed E-state index contributed by atoms with van der Waals surface area (Å²) in [4.78, 5) is 12.5. The molecule has 2 rings (SSSR count). The maximum atomic E-state index is 12.5. The SMILES string of the molecule is C[C@@H](C(=O)NCCCc1ccccc1)N(c1ccc(Cl)c(Cl)c1)S(C)(=O)=O. The Hall–Kier alpha value is -1.76. The zero-order chi connectivity index (χ0) is 20.0. The molecule has 27 heavy (non-hydrogen) atoms. The molecular weight excluding hydrogens is 407 g/mol. The van der Waals surface area contributed by atoms with Gasteiger partial charge in [-0.15, -0.1) is 0 Å². The number of anilines is 1. The maximum Gasteiger partial charge on any atom is 0.243 e. The quantitative estimate of drug-likeness (QED) is 0.648. The van der Waals surface area contributed by atoms with E-state index < -0.39 is 16.1 Å². The van der Waals surface area contributed by atoms with E-state index in [1.165, 1.54) is 30.7 Å². The molecule has 0 aliphatic rings. The average molecular weight is 429 g/mol. The van der Waals surface area contributed by atoms with Gasteiger partial charge >= 0.3 is 0 Å². The summed E-state index contributed by atoms with van der Waals surface area (Å²) >= 11 is 11.9. The molecule has 0 saturated heterocycles. The summed E-state index contributed by atoms with van der Waals surface area (Å²) in [5.41, 5.74) is 1.48. The number of halogens is 2. The highest BCUT2D eigenvalue weighted by Crippen LogP contribution is 2.29. The summed E-state index contributed by atoms with van der Waals surface area (Å²) in [6, 6.07) is 13.5. The van der Waals surface area contributed by atoms with E-state index in [1.54, 1.807) is 0 Å². The Bertz CT molecular complexity index is 889. The van der Waals surface area contributed by atoms with Crippen molar-refractivity contribution in [3.8, 4) is 0 Å². The Morgan fingerprint density at radius 2 is 1.78 bits per heavy atom. The lowest BCUT2D eigenvalue weighted by atomic mass is 10.1. The van der Waals surface area contributed by atoms with Gasteiger partial charge < -0.3 is 5.32 Å². The van der Waals surface area contributed by atoms with Crippen LogP contribution in [0.3, 0.4) is 0 Å². The molecule has 0 saturated carbocycles.